The number of ether oxygens (including phenoxy) is 3. The summed E-state index contributed by atoms with van der Waals surface area (Å²) in [5.41, 5.74) is 2.57. The average Bonchev–Trinajstić information content (AvgIpc) is 3.56. The maximum Gasteiger partial charge on any atom is 0.338 e. The van der Waals surface area contributed by atoms with Crippen LogP contribution in [0.1, 0.15) is 35.9 Å². The van der Waals surface area contributed by atoms with Crippen molar-refractivity contribution in [3.05, 3.63) is 111 Å². The van der Waals surface area contributed by atoms with E-state index in [9.17, 15) is 9.59 Å². The zero-order valence-corrected chi connectivity index (χ0v) is 25.3. The lowest BCUT2D eigenvalue weighted by Crippen LogP contribution is -2.39. The smallest absolute Gasteiger partial charge is 0.338 e. The van der Waals surface area contributed by atoms with Gasteiger partial charge in [-0.15, -0.1) is 11.3 Å². The number of rotatable bonds is 8. The van der Waals surface area contributed by atoms with Crippen LogP contribution in [0, 0.1) is 3.57 Å². The first-order chi connectivity index (χ1) is 18.9. The molecule has 0 saturated heterocycles. The summed E-state index contributed by atoms with van der Waals surface area (Å²) < 4.78 is 20.0. The third-order valence-corrected chi connectivity index (χ3v) is 8.81. The van der Waals surface area contributed by atoms with E-state index in [2.05, 4.69) is 27.6 Å². The Bertz CT molecular complexity index is 1720. The van der Waals surface area contributed by atoms with Gasteiger partial charge in [0.15, 0.2) is 16.3 Å². The second-order valence-electron chi connectivity index (χ2n) is 8.63. The van der Waals surface area contributed by atoms with E-state index in [1.165, 1.54) is 22.7 Å². The molecule has 0 aliphatic carbocycles. The molecule has 1 aliphatic rings. The number of aromatic nitrogens is 1. The van der Waals surface area contributed by atoms with E-state index in [4.69, 9.17) is 14.2 Å². The van der Waals surface area contributed by atoms with Gasteiger partial charge in [-0.3, -0.25) is 9.36 Å². The van der Waals surface area contributed by atoms with Gasteiger partial charge >= 0.3 is 5.97 Å². The van der Waals surface area contributed by atoms with Gasteiger partial charge in [0.05, 0.1) is 33.1 Å². The molecule has 10 heteroatoms. The Morgan fingerprint density at radius 3 is 2.67 bits per heavy atom. The molecule has 200 valence electrons. The summed E-state index contributed by atoms with van der Waals surface area (Å²) in [6, 6.07) is 17.0. The normalized spacial score (nSPS) is 15.1. The highest BCUT2D eigenvalue weighted by Crippen LogP contribution is 2.35. The van der Waals surface area contributed by atoms with E-state index < -0.39 is 12.0 Å². The highest BCUT2D eigenvalue weighted by atomic mass is 127. The number of fused-ring (bicyclic) bond motifs is 1. The van der Waals surface area contributed by atoms with Gasteiger partial charge in [0.2, 0.25) is 0 Å². The number of hydrogen-bond donors (Lipinski definition) is 0. The number of allylic oxidation sites excluding steroid dienone is 1. The van der Waals surface area contributed by atoms with Gasteiger partial charge in [-0.1, -0.05) is 47.7 Å². The van der Waals surface area contributed by atoms with E-state index in [1.54, 1.807) is 25.5 Å². The third kappa shape index (κ3) is 5.59. The number of esters is 1. The van der Waals surface area contributed by atoms with Crippen molar-refractivity contribution in [1.82, 2.24) is 4.57 Å². The fourth-order valence-electron chi connectivity index (χ4n) is 4.35. The zero-order valence-electron chi connectivity index (χ0n) is 21.5. The summed E-state index contributed by atoms with van der Waals surface area (Å²) in [7, 11) is 1.60. The molecule has 1 aliphatic heterocycles. The van der Waals surface area contributed by atoms with E-state index in [0.717, 1.165) is 19.6 Å². The quantitative estimate of drug-likeness (QED) is 0.194. The van der Waals surface area contributed by atoms with Crippen molar-refractivity contribution < 1.29 is 19.0 Å². The highest BCUT2D eigenvalue weighted by molar-refractivity contribution is 14.1. The SMILES string of the molecule is CCOC(=O)C1=C(C)N=c2s/c(=C/c3cc(I)c(OCc4ccccc4)c(OC)c3)c(=O)n2[C@H]1c1cccs1. The second-order valence-corrected chi connectivity index (χ2v) is 11.8. The molecular weight excluding hydrogens is 647 g/mol. The van der Waals surface area contributed by atoms with E-state index in [1.807, 2.05) is 66.1 Å². The van der Waals surface area contributed by atoms with Crippen LogP contribution < -0.4 is 24.4 Å². The summed E-state index contributed by atoms with van der Waals surface area (Å²) >= 11 is 5.00. The van der Waals surface area contributed by atoms with Crippen molar-refractivity contribution >= 4 is 57.3 Å². The molecule has 2 aromatic carbocycles. The van der Waals surface area contributed by atoms with Gasteiger partial charge < -0.3 is 14.2 Å². The molecule has 3 heterocycles. The Morgan fingerprint density at radius 2 is 1.97 bits per heavy atom. The molecule has 0 unspecified atom stereocenters. The van der Waals surface area contributed by atoms with Gasteiger partial charge in [0.25, 0.3) is 5.56 Å². The minimum absolute atomic E-state index is 0.218. The molecule has 0 N–H and O–H groups in total. The first-order valence-corrected chi connectivity index (χ1v) is 15.0. The van der Waals surface area contributed by atoms with E-state index in [0.29, 0.717) is 38.7 Å². The number of thiophene rings is 1. The number of carbonyl (C=O) groups is 1. The lowest BCUT2D eigenvalue weighted by molar-refractivity contribution is -0.139. The third-order valence-electron chi connectivity index (χ3n) is 6.11. The summed E-state index contributed by atoms with van der Waals surface area (Å²) in [5, 5.41) is 1.93. The first kappa shape index (κ1) is 27.4. The number of carbonyl (C=O) groups excluding carboxylic acids is 1. The molecule has 0 spiro atoms. The zero-order chi connectivity index (χ0) is 27.5. The Balaban J connectivity index is 1.56. The number of nitrogens with zero attached hydrogens (tertiary/aromatic N) is 2. The van der Waals surface area contributed by atoms with Crippen LogP contribution in [0.25, 0.3) is 6.08 Å². The molecule has 0 amide bonds. The van der Waals surface area contributed by atoms with Gasteiger partial charge in [0, 0.05) is 4.88 Å². The van der Waals surface area contributed by atoms with Crippen molar-refractivity contribution in [3.63, 3.8) is 0 Å². The maximum absolute atomic E-state index is 13.8. The second kappa shape index (κ2) is 11.9. The summed E-state index contributed by atoms with van der Waals surface area (Å²) in [5.74, 6) is 0.763. The Hall–Kier alpha value is -3.22. The molecule has 5 rings (SSSR count). The van der Waals surface area contributed by atoms with Crippen LogP contribution in [0.2, 0.25) is 0 Å². The van der Waals surface area contributed by atoms with Crippen molar-refractivity contribution in [3.8, 4) is 11.5 Å². The Labute approximate surface area is 246 Å². The number of halogens is 1. The molecule has 1 atom stereocenters. The van der Waals surface area contributed by atoms with Crippen molar-refractivity contribution in [2.24, 2.45) is 4.99 Å². The fourth-order valence-corrected chi connectivity index (χ4v) is 7.00. The number of thiazole rings is 1. The highest BCUT2D eigenvalue weighted by Gasteiger charge is 2.33. The van der Waals surface area contributed by atoms with Gasteiger partial charge in [-0.25, -0.2) is 9.79 Å². The topological polar surface area (TPSA) is 79.1 Å². The fraction of sp³-hybridized carbons (Fsp3) is 0.207. The molecule has 0 fully saturated rings. The van der Waals surface area contributed by atoms with Crippen molar-refractivity contribution in [1.29, 1.82) is 0 Å². The predicted octanol–water partition coefficient (Wildman–Crippen LogP) is 5.05. The minimum atomic E-state index is -0.592. The molecule has 39 heavy (non-hydrogen) atoms. The van der Waals surface area contributed by atoms with Crippen molar-refractivity contribution in [2.75, 3.05) is 13.7 Å². The van der Waals surface area contributed by atoms with Crippen molar-refractivity contribution in [2.45, 2.75) is 26.5 Å². The summed E-state index contributed by atoms with van der Waals surface area (Å²) in [4.78, 5) is 32.8. The van der Waals surface area contributed by atoms with Crippen LogP contribution in [0.3, 0.4) is 0 Å². The lowest BCUT2D eigenvalue weighted by atomic mass is 10.0. The predicted molar refractivity (Wildman–Crippen MR) is 161 cm³/mol. The molecule has 4 aromatic rings. The average molecular weight is 673 g/mol. The molecule has 7 nitrogen and oxygen atoms in total. The van der Waals surface area contributed by atoms with Crippen LogP contribution in [0.15, 0.2) is 81.0 Å². The van der Waals surface area contributed by atoms with Gasteiger partial charge in [-0.2, -0.15) is 0 Å². The molecule has 0 saturated carbocycles. The lowest BCUT2D eigenvalue weighted by Gasteiger charge is -2.23. The van der Waals surface area contributed by atoms with E-state index in [-0.39, 0.29) is 12.2 Å². The Morgan fingerprint density at radius 1 is 1.18 bits per heavy atom. The number of benzene rings is 2. The van der Waals surface area contributed by atoms with Crippen LogP contribution >= 0.6 is 45.3 Å². The summed E-state index contributed by atoms with van der Waals surface area (Å²) in [6.45, 7) is 4.20. The molecule has 0 bridgehead atoms. The first-order valence-electron chi connectivity index (χ1n) is 12.2. The largest absolute Gasteiger partial charge is 0.493 e. The minimum Gasteiger partial charge on any atom is -0.493 e. The summed E-state index contributed by atoms with van der Waals surface area (Å²) in [6.07, 6.45) is 1.82. The van der Waals surface area contributed by atoms with Gasteiger partial charge in [0.1, 0.15) is 12.6 Å². The number of hydrogen-bond acceptors (Lipinski definition) is 8. The van der Waals surface area contributed by atoms with Crippen LogP contribution in [-0.4, -0.2) is 24.3 Å². The van der Waals surface area contributed by atoms with Gasteiger partial charge in [-0.05, 0) is 77.2 Å². The van der Waals surface area contributed by atoms with Crippen LogP contribution in [-0.2, 0) is 16.1 Å². The monoisotopic (exact) mass is 672 g/mol. The number of methoxy groups -OCH3 is 1. The molecular formula is C29H25IN2O5S2. The maximum atomic E-state index is 13.8. The Kier molecular flexibility index (Phi) is 8.34. The molecule has 2 aromatic heterocycles. The van der Waals surface area contributed by atoms with Crippen LogP contribution in [0.5, 0.6) is 11.5 Å². The van der Waals surface area contributed by atoms with E-state index >= 15 is 0 Å². The van der Waals surface area contributed by atoms with Crippen LogP contribution in [0.4, 0.5) is 0 Å². The molecule has 0 radical (unpaired) electrons. The standard InChI is InChI=1S/C29H25IN2O5S2/c1-4-36-28(34)24-17(2)31-29-32(25(24)22-11-8-12-38-22)27(33)23(39-29)15-19-13-20(30)26(21(14-19)35-3)37-16-18-9-6-5-7-10-18/h5-15,25H,4,16H2,1-3H3/b23-15+/t25-/m0/s1.